The number of hydrogen-bond donors (Lipinski definition) is 1. The highest BCUT2D eigenvalue weighted by molar-refractivity contribution is 6.01. The van der Waals surface area contributed by atoms with Gasteiger partial charge in [-0.2, -0.15) is 0 Å². The molecule has 2 rings (SSSR count). The first kappa shape index (κ1) is 14.3. The first-order chi connectivity index (χ1) is 9.41. The summed E-state index contributed by atoms with van der Waals surface area (Å²) in [6.45, 7) is 2.18. The normalized spacial score (nSPS) is 16.4. The average Bonchev–Trinajstić information content (AvgIpc) is 2.42. The van der Waals surface area contributed by atoms with Crippen LogP contribution in [0.5, 0.6) is 5.75 Å². The second-order valence-corrected chi connectivity index (χ2v) is 4.85. The minimum absolute atomic E-state index is 0.0712. The van der Waals surface area contributed by atoms with Crippen LogP contribution in [0.3, 0.4) is 0 Å². The molecule has 1 aromatic carbocycles. The summed E-state index contributed by atoms with van der Waals surface area (Å²) in [5.41, 5.74) is -1.24. The van der Waals surface area contributed by atoms with Gasteiger partial charge < -0.3 is 14.7 Å². The number of ether oxygens (including phenoxy) is 1. The lowest BCUT2D eigenvalue weighted by molar-refractivity contribution is -0.385. The van der Waals surface area contributed by atoms with E-state index in [0.29, 0.717) is 6.42 Å². The second-order valence-electron chi connectivity index (χ2n) is 4.85. The number of carbonyl (C=O) groups excluding carboxylic acids is 1. The maximum absolute atomic E-state index is 12.4. The number of methoxy groups -OCH3 is 1. The Labute approximate surface area is 115 Å². The SMILES string of the molecule is CCC1(O)CN(C(=O)c2c(OC)cccc2[N+](=O)[O-])C1. The van der Waals surface area contributed by atoms with Crippen LogP contribution in [-0.4, -0.2) is 46.6 Å². The molecule has 1 aliphatic heterocycles. The van der Waals surface area contributed by atoms with E-state index in [9.17, 15) is 20.0 Å². The molecule has 1 amide bonds. The zero-order valence-electron chi connectivity index (χ0n) is 11.3. The molecule has 1 aromatic rings. The lowest BCUT2D eigenvalue weighted by Gasteiger charge is -2.46. The number of nitro groups is 1. The maximum atomic E-state index is 12.4. The summed E-state index contributed by atoms with van der Waals surface area (Å²) in [5, 5.41) is 21.0. The Morgan fingerprint density at radius 1 is 1.55 bits per heavy atom. The Kier molecular flexibility index (Phi) is 3.63. The molecule has 0 unspecified atom stereocenters. The fraction of sp³-hybridized carbons (Fsp3) is 0.462. The highest BCUT2D eigenvalue weighted by Gasteiger charge is 2.44. The number of nitrogens with zero attached hydrogens (tertiary/aromatic N) is 2. The van der Waals surface area contributed by atoms with Gasteiger partial charge in [-0.05, 0) is 12.5 Å². The standard InChI is InChI=1S/C13H16N2O5/c1-3-13(17)7-14(8-13)12(16)11-9(15(18)19)5-4-6-10(11)20-2/h4-6,17H,3,7-8H2,1-2H3. The zero-order valence-corrected chi connectivity index (χ0v) is 11.3. The minimum Gasteiger partial charge on any atom is -0.496 e. The van der Waals surface area contributed by atoms with E-state index in [4.69, 9.17) is 4.74 Å². The number of carbonyl (C=O) groups is 1. The average molecular weight is 280 g/mol. The fourth-order valence-corrected chi connectivity index (χ4v) is 2.25. The van der Waals surface area contributed by atoms with Crippen molar-refractivity contribution >= 4 is 11.6 Å². The largest absolute Gasteiger partial charge is 0.496 e. The molecule has 0 aromatic heterocycles. The van der Waals surface area contributed by atoms with Crippen molar-refractivity contribution in [2.24, 2.45) is 0 Å². The predicted molar refractivity (Wildman–Crippen MR) is 70.8 cm³/mol. The van der Waals surface area contributed by atoms with Gasteiger partial charge in [0.25, 0.3) is 11.6 Å². The van der Waals surface area contributed by atoms with Gasteiger partial charge in [-0.25, -0.2) is 0 Å². The van der Waals surface area contributed by atoms with E-state index in [-0.39, 0.29) is 30.1 Å². The predicted octanol–water partition coefficient (Wildman–Crippen LogP) is 1.20. The number of nitro benzene ring substituents is 1. The van der Waals surface area contributed by atoms with Crippen molar-refractivity contribution in [3.8, 4) is 5.75 Å². The van der Waals surface area contributed by atoms with Crippen LogP contribution in [-0.2, 0) is 0 Å². The molecular weight excluding hydrogens is 264 g/mol. The third kappa shape index (κ3) is 2.32. The molecule has 0 bridgehead atoms. The molecule has 0 radical (unpaired) electrons. The van der Waals surface area contributed by atoms with Crippen molar-refractivity contribution in [1.29, 1.82) is 0 Å². The van der Waals surface area contributed by atoms with E-state index >= 15 is 0 Å². The van der Waals surface area contributed by atoms with Crippen LogP contribution in [0.15, 0.2) is 18.2 Å². The quantitative estimate of drug-likeness (QED) is 0.660. The van der Waals surface area contributed by atoms with Crippen molar-refractivity contribution in [3.63, 3.8) is 0 Å². The summed E-state index contributed by atoms with van der Waals surface area (Å²) in [4.78, 5) is 24.2. The summed E-state index contributed by atoms with van der Waals surface area (Å²) in [5.74, 6) is -0.330. The van der Waals surface area contributed by atoms with Gasteiger partial charge in [0.15, 0.2) is 5.56 Å². The molecule has 0 aliphatic carbocycles. The topological polar surface area (TPSA) is 92.9 Å². The van der Waals surface area contributed by atoms with E-state index in [1.807, 2.05) is 6.92 Å². The van der Waals surface area contributed by atoms with Crippen LogP contribution < -0.4 is 4.74 Å². The number of amides is 1. The van der Waals surface area contributed by atoms with E-state index in [1.165, 1.54) is 30.2 Å². The molecule has 0 atom stereocenters. The van der Waals surface area contributed by atoms with Crippen LogP contribution in [0.4, 0.5) is 5.69 Å². The number of likely N-dealkylation sites (tertiary alicyclic amines) is 1. The molecular formula is C13H16N2O5. The lowest BCUT2D eigenvalue weighted by atomic mass is 9.90. The number of benzene rings is 1. The van der Waals surface area contributed by atoms with Gasteiger partial charge >= 0.3 is 0 Å². The van der Waals surface area contributed by atoms with Crippen LogP contribution >= 0.6 is 0 Å². The fourth-order valence-electron chi connectivity index (χ4n) is 2.25. The summed E-state index contributed by atoms with van der Waals surface area (Å²) < 4.78 is 5.04. The number of β-amino-alcohol motifs (C(OH)–C–C–N with tert-alkyl or cyclic N) is 1. The highest BCUT2D eigenvalue weighted by atomic mass is 16.6. The molecule has 7 nitrogen and oxygen atoms in total. The van der Waals surface area contributed by atoms with Crippen molar-refractivity contribution in [2.45, 2.75) is 18.9 Å². The van der Waals surface area contributed by atoms with Crippen molar-refractivity contribution in [3.05, 3.63) is 33.9 Å². The molecule has 0 spiro atoms. The van der Waals surface area contributed by atoms with Crippen LogP contribution in [0.2, 0.25) is 0 Å². The highest BCUT2D eigenvalue weighted by Crippen LogP contribution is 2.33. The summed E-state index contributed by atoms with van der Waals surface area (Å²) in [6.07, 6.45) is 0.533. The molecule has 1 heterocycles. The molecule has 1 saturated heterocycles. The third-order valence-electron chi connectivity index (χ3n) is 3.55. The summed E-state index contributed by atoms with van der Waals surface area (Å²) in [6, 6.07) is 4.24. The Hall–Kier alpha value is -2.15. The van der Waals surface area contributed by atoms with Crippen molar-refractivity contribution in [2.75, 3.05) is 20.2 Å². The van der Waals surface area contributed by atoms with E-state index in [1.54, 1.807) is 0 Å². The number of aliphatic hydroxyl groups is 1. The molecule has 1 N–H and O–H groups in total. The van der Waals surface area contributed by atoms with Crippen molar-refractivity contribution < 1.29 is 19.6 Å². The van der Waals surface area contributed by atoms with Crippen LogP contribution in [0.1, 0.15) is 23.7 Å². The Balaban J connectivity index is 2.33. The lowest BCUT2D eigenvalue weighted by Crippen LogP contribution is -2.63. The number of hydrogen-bond acceptors (Lipinski definition) is 5. The molecule has 1 fully saturated rings. The molecule has 108 valence electrons. The molecule has 1 aliphatic rings. The van der Waals surface area contributed by atoms with Gasteiger partial charge in [0.2, 0.25) is 0 Å². The second kappa shape index (κ2) is 5.09. The smallest absolute Gasteiger partial charge is 0.285 e. The molecule has 7 heteroatoms. The summed E-state index contributed by atoms with van der Waals surface area (Å²) in [7, 11) is 1.36. The number of rotatable bonds is 4. The van der Waals surface area contributed by atoms with E-state index in [0.717, 1.165) is 0 Å². The first-order valence-electron chi connectivity index (χ1n) is 6.25. The monoisotopic (exact) mass is 280 g/mol. The van der Waals surface area contributed by atoms with E-state index < -0.39 is 16.4 Å². The Morgan fingerprint density at radius 2 is 2.20 bits per heavy atom. The van der Waals surface area contributed by atoms with E-state index in [2.05, 4.69) is 0 Å². The van der Waals surface area contributed by atoms with Gasteiger partial charge in [-0.3, -0.25) is 14.9 Å². The van der Waals surface area contributed by atoms with Crippen LogP contribution in [0.25, 0.3) is 0 Å². The summed E-state index contributed by atoms with van der Waals surface area (Å²) >= 11 is 0. The zero-order chi connectivity index (χ0) is 14.9. The third-order valence-corrected chi connectivity index (χ3v) is 3.55. The van der Waals surface area contributed by atoms with Gasteiger partial charge in [-0.15, -0.1) is 0 Å². The van der Waals surface area contributed by atoms with Gasteiger partial charge in [0.1, 0.15) is 5.75 Å². The minimum atomic E-state index is -0.882. The molecule has 0 saturated carbocycles. The Morgan fingerprint density at radius 3 is 2.70 bits per heavy atom. The van der Waals surface area contributed by atoms with Gasteiger partial charge in [0, 0.05) is 6.07 Å². The van der Waals surface area contributed by atoms with Gasteiger partial charge in [-0.1, -0.05) is 13.0 Å². The van der Waals surface area contributed by atoms with Gasteiger partial charge in [0.05, 0.1) is 30.7 Å². The van der Waals surface area contributed by atoms with Crippen LogP contribution in [0, 0.1) is 10.1 Å². The maximum Gasteiger partial charge on any atom is 0.285 e. The Bertz CT molecular complexity index is 552. The van der Waals surface area contributed by atoms with Crippen molar-refractivity contribution in [1.82, 2.24) is 4.90 Å². The molecule has 20 heavy (non-hydrogen) atoms. The first-order valence-corrected chi connectivity index (χ1v) is 6.25.